The van der Waals surface area contributed by atoms with E-state index in [2.05, 4.69) is 9.71 Å². The van der Waals surface area contributed by atoms with Gasteiger partial charge in [-0.2, -0.15) is 0 Å². The Balaban J connectivity index is 2.13. The van der Waals surface area contributed by atoms with E-state index in [9.17, 15) is 13.2 Å². The fourth-order valence-corrected chi connectivity index (χ4v) is 3.14. The fourth-order valence-electron chi connectivity index (χ4n) is 2.05. The minimum absolute atomic E-state index is 0.0217. The Morgan fingerprint density at radius 2 is 2.12 bits per heavy atom. The number of nitrogens with zero attached hydrogens (tertiary/aromatic N) is 2. The predicted molar refractivity (Wildman–Crippen MR) is 88.0 cm³/mol. The van der Waals surface area contributed by atoms with Crippen LogP contribution in [0, 0.1) is 0 Å². The predicted octanol–water partition coefficient (Wildman–Crippen LogP) is 0.785. The van der Waals surface area contributed by atoms with Gasteiger partial charge in [0, 0.05) is 32.1 Å². The summed E-state index contributed by atoms with van der Waals surface area (Å²) in [6.45, 7) is 3.83. The molecule has 3 N–H and O–H groups in total. The van der Waals surface area contributed by atoms with E-state index in [-0.39, 0.29) is 23.2 Å². The average Bonchev–Trinajstić information content (AvgIpc) is 2.88. The Labute approximate surface area is 140 Å². The first-order valence-corrected chi connectivity index (χ1v) is 8.75. The largest absolute Gasteiger partial charge is 0.475 e. The van der Waals surface area contributed by atoms with Crippen molar-refractivity contribution in [2.24, 2.45) is 12.8 Å². The van der Waals surface area contributed by atoms with Crippen LogP contribution in [0.4, 0.5) is 0 Å². The number of hydrogen-bond acceptors (Lipinski definition) is 5. The number of amides is 1. The van der Waals surface area contributed by atoms with Gasteiger partial charge in [-0.15, -0.1) is 0 Å². The Bertz CT molecular complexity index is 843. The van der Waals surface area contributed by atoms with E-state index in [0.717, 1.165) is 0 Å². The van der Waals surface area contributed by atoms with Crippen LogP contribution >= 0.6 is 0 Å². The zero-order valence-corrected chi connectivity index (χ0v) is 14.5. The van der Waals surface area contributed by atoms with E-state index in [1.54, 1.807) is 25.4 Å². The van der Waals surface area contributed by atoms with Gasteiger partial charge in [0.05, 0.1) is 6.10 Å². The number of carbonyl (C=O) groups excluding carboxylic acids is 1. The number of ether oxygens (including phenoxy) is 1. The van der Waals surface area contributed by atoms with E-state index in [0.29, 0.717) is 11.4 Å². The second-order valence-electron chi connectivity index (χ2n) is 5.53. The molecule has 0 aliphatic heterocycles. The second kappa shape index (κ2) is 7.02. The minimum Gasteiger partial charge on any atom is -0.475 e. The molecule has 1 amide bonds. The lowest BCUT2D eigenvalue weighted by Gasteiger charge is -2.10. The number of nitrogens with one attached hydrogen (secondary N) is 1. The third kappa shape index (κ3) is 4.33. The molecule has 0 saturated heterocycles. The normalized spacial score (nSPS) is 11.7. The number of aromatic nitrogens is 2. The molecule has 130 valence electrons. The maximum absolute atomic E-state index is 12.3. The van der Waals surface area contributed by atoms with Crippen LogP contribution in [0.1, 0.15) is 29.9 Å². The zero-order chi connectivity index (χ0) is 17.9. The topological polar surface area (TPSA) is 116 Å². The molecule has 0 aliphatic carbocycles. The number of rotatable bonds is 7. The smallest absolute Gasteiger partial charge is 0.265 e. The average molecular weight is 352 g/mol. The van der Waals surface area contributed by atoms with Gasteiger partial charge < -0.3 is 15.0 Å². The molecule has 0 aromatic carbocycles. The monoisotopic (exact) mass is 352 g/mol. The van der Waals surface area contributed by atoms with Gasteiger partial charge in [0.15, 0.2) is 0 Å². The minimum atomic E-state index is -3.77. The van der Waals surface area contributed by atoms with Gasteiger partial charge in [0.2, 0.25) is 15.9 Å². The van der Waals surface area contributed by atoms with Crippen molar-refractivity contribution in [3.63, 3.8) is 0 Å². The molecule has 0 atom stereocenters. The van der Waals surface area contributed by atoms with E-state index in [1.165, 1.54) is 16.8 Å². The summed E-state index contributed by atoms with van der Waals surface area (Å²) in [5.41, 5.74) is 6.02. The highest BCUT2D eigenvalue weighted by molar-refractivity contribution is 7.89. The number of carbonyl (C=O) groups is 1. The van der Waals surface area contributed by atoms with Crippen molar-refractivity contribution in [1.29, 1.82) is 0 Å². The molecule has 0 unspecified atom stereocenters. The molecule has 0 aliphatic rings. The molecular formula is C15H20N4O4S. The summed E-state index contributed by atoms with van der Waals surface area (Å²) in [7, 11) is -2.22. The lowest BCUT2D eigenvalue weighted by molar-refractivity contribution is 0.0992. The number of nitrogens with two attached hydrogens (primary N) is 1. The molecule has 0 saturated carbocycles. The van der Waals surface area contributed by atoms with Crippen LogP contribution < -0.4 is 15.2 Å². The maximum Gasteiger partial charge on any atom is 0.265 e. The van der Waals surface area contributed by atoms with Gasteiger partial charge >= 0.3 is 0 Å². The summed E-state index contributed by atoms with van der Waals surface area (Å²) < 4.78 is 34.0. The van der Waals surface area contributed by atoms with Gasteiger partial charge in [0.1, 0.15) is 10.6 Å². The van der Waals surface area contributed by atoms with Gasteiger partial charge in [-0.25, -0.2) is 18.1 Å². The highest BCUT2D eigenvalue weighted by atomic mass is 32.2. The first-order chi connectivity index (χ1) is 11.2. The van der Waals surface area contributed by atoms with Crippen LogP contribution in [0.3, 0.4) is 0 Å². The molecule has 2 aromatic heterocycles. The number of hydrogen-bond donors (Lipinski definition) is 2. The van der Waals surface area contributed by atoms with Gasteiger partial charge in [-0.05, 0) is 31.5 Å². The molecular weight excluding hydrogens is 332 g/mol. The van der Waals surface area contributed by atoms with Gasteiger partial charge in [-0.1, -0.05) is 0 Å². The molecule has 2 aromatic rings. The summed E-state index contributed by atoms with van der Waals surface area (Å²) in [6, 6.07) is 4.60. The van der Waals surface area contributed by atoms with E-state index in [4.69, 9.17) is 10.5 Å². The molecule has 9 heteroatoms. The summed E-state index contributed by atoms with van der Waals surface area (Å²) in [4.78, 5) is 15.3. The Morgan fingerprint density at radius 3 is 2.71 bits per heavy atom. The lowest BCUT2D eigenvalue weighted by atomic mass is 10.3. The van der Waals surface area contributed by atoms with Crippen molar-refractivity contribution >= 4 is 15.9 Å². The zero-order valence-electron chi connectivity index (χ0n) is 13.7. The molecule has 2 heterocycles. The Morgan fingerprint density at radius 1 is 1.42 bits per heavy atom. The molecule has 24 heavy (non-hydrogen) atoms. The molecule has 0 bridgehead atoms. The lowest BCUT2D eigenvalue weighted by Crippen LogP contribution is -2.23. The summed E-state index contributed by atoms with van der Waals surface area (Å²) >= 11 is 0. The molecule has 0 spiro atoms. The quantitative estimate of drug-likeness (QED) is 0.764. The Kier molecular flexibility index (Phi) is 5.25. The highest BCUT2D eigenvalue weighted by Gasteiger charge is 2.19. The second-order valence-corrected chi connectivity index (χ2v) is 7.30. The third-order valence-corrected chi connectivity index (χ3v) is 4.53. The molecule has 8 nitrogen and oxygen atoms in total. The number of pyridine rings is 1. The van der Waals surface area contributed by atoms with E-state index < -0.39 is 15.9 Å². The van der Waals surface area contributed by atoms with Gasteiger partial charge in [0.25, 0.3) is 5.91 Å². The molecule has 0 fully saturated rings. The van der Waals surface area contributed by atoms with Crippen molar-refractivity contribution in [2.45, 2.75) is 31.4 Å². The van der Waals surface area contributed by atoms with Crippen molar-refractivity contribution in [2.75, 3.05) is 0 Å². The van der Waals surface area contributed by atoms with Crippen LogP contribution in [-0.2, 0) is 23.6 Å². The first kappa shape index (κ1) is 18.0. The molecule has 0 radical (unpaired) electrons. The first-order valence-electron chi connectivity index (χ1n) is 7.26. The summed E-state index contributed by atoms with van der Waals surface area (Å²) in [5.74, 6) is -0.263. The Hall–Kier alpha value is -2.39. The number of primary amides is 1. The van der Waals surface area contributed by atoms with Crippen LogP contribution in [0.25, 0.3) is 0 Å². The van der Waals surface area contributed by atoms with E-state index >= 15 is 0 Å². The van der Waals surface area contributed by atoms with Gasteiger partial charge in [-0.3, -0.25) is 4.79 Å². The number of sulfonamides is 1. The highest BCUT2D eigenvalue weighted by Crippen LogP contribution is 2.15. The van der Waals surface area contributed by atoms with Crippen molar-refractivity contribution in [3.05, 3.63) is 41.9 Å². The standard InChI is InChI=1S/C15H20N4O4S/c1-10(2)23-14-6-11(4-5-17-14)8-18-24(21,22)12-7-13(15(16)20)19(3)9-12/h4-7,9-10,18H,8H2,1-3H3,(H2,16,20). The number of aryl methyl sites for hydroxylation is 1. The summed E-state index contributed by atoms with van der Waals surface area (Å²) in [5, 5.41) is 0. The molecule has 2 rings (SSSR count). The van der Waals surface area contributed by atoms with Crippen molar-refractivity contribution in [3.8, 4) is 5.88 Å². The fraction of sp³-hybridized carbons (Fsp3) is 0.333. The van der Waals surface area contributed by atoms with Crippen LogP contribution in [-0.4, -0.2) is 30.0 Å². The van der Waals surface area contributed by atoms with Crippen LogP contribution in [0.5, 0.6) is 5.88 Å². The maximum atomic E-state index is 12.3. The van der Waals surface area contributed by atoms with Crippen molar-refractivity contribution in [1.82, 2.24) is 14.3 Å². The SMILES string of the molecule is CC(C)Oc1cc(CNS(=O)(=O)c2cc(C(N)=O)n(C)c2)ccn1. The van der Waals surface area contributed by atoms with E-state index in [1.807, 2.05) is 13.8 Å². The van der Waals surface area contributed by atoms with Crippen molar-refractivity contribution < 1.29 is 17.9 Å². The van der Waals surface area contributed by atoms with Crippen LogP contribution in [0.15, 0.2) is 35.5 Å². The third-order valence-electron chi connectivity index (χ3n) is 3.16. The van der Waals surface area contributed by atoms with Crippen LogP contribution in [0.2, 0.25) is 0 Å². The summed E-state index contributed by atoms with van der Waals surface area (Å²) in [6.07, 6.45) is 2.86.